The molecule has 0 aromatic heterocycles. The van der Waals surface area contributed by atoms with E-state index < -0.39 is 57.8 Å². The first-order valence-electron chi connectivity index (χ1n) is 28.4. The van der Waals surface area contributed by atoms with Crippen molar-refractivity contribution in [2.24, 2.45) is 0 Å². The summed E-state index contributed by atoms with van der Waals surface area (Å²) in [5.74, 6) is -1.60. The molecule has 0 amide bonds. The van der Waals surface area contributed by atoms with Crippen LogP contribution in [0.25, 0.3) is 0 Å². The Bertz CT molecular complexity index is 1700. The minimum Gasteiger partial charge on any atom is -0.462 e. The average Bonchev–Trinajstić information content (AvgIpc) is 3.39. The fourth-order valence-electron chi connectivity index (χ4n) is 7.10. The zero-order chi connectivity index (χ0) is 54.1. The molecule has 0 aliphatic carbocycles. The van der Waals surface area contributed by atoms with Crippen molar-refractivity contribution in [3.8, 4) is 0 Å². The Labute approximate surface area is 449 Å². The van der Waals surface area contributed by atoms with Crippen LogP contribution in [0.2, 0.25) is 0 Å². The Kier molecular flexibility index (Phi) is 52.1. The lowest BCUT2D eigenvalue weighted by atomic mass is 10.1. The third kappa shape index (κ3) is 52.7. The highest BCUT2D eigenvalue weighted by molar-refractivity contribution is 7.47. The number of rotatable bonds is 51. The quantitative estimate of drug-likeness (QED) is 0.0197. The topological polar surface area (TPSA) is 155 Å². The second-order valence-electron chi connectivity index (χ2n) is 18.3. The molecule has 0 saturated heterocycles. The lowest BCUT2D eigenvalue weighted by Gasteiger charge is -2.21. The fraction of sp³-hybridized carbons (Fsp3) is 0.629. The van der Waals surface area contributed by atoms with Crippen molar-refractivity contribution < 1.29 is 52.2 Å². The molecule has 3 unspecified atom stereocenters. The summed E-state index contributed by atoms with van der Waals surface area (Å²) in [5.41, 5.74) is 0. The van der Waals surface area contributed by atoms with Gasteiger partial charge < -0.3 is 24.2 Å². The summed E-state index contributed by atoms with van der Waals surface area (Å²) in [6, 6.07) is 0. The van der Waals surface area contributed by atoms with Crippen molar-refractivity contribution in [1.29, 1.82) is 0 Å². The van der Waals surface area contributed by atoms with Gasteiger partial charge >= 0.3 is 25.7 Å². The predicted octanol–water partition coefficient (Wildman–Crippen LogP) is 16.8. The Morgan fingerprint density at radius 3 is 1.16 bits per heavy atom. The van der Waals surface area contributed by atoms with Crippen LogP contribution < -0.4 is 0 Å². The molecule has 74 heavy (non-hydrogen) atoms. The molecule has 0 aromatic carbocycles. The number of carbonyl (C=O) groups is 3. The standard InChI is InChI=1S/C62H101O11P/c1-4-7-10-13-16-19-22-25-27-28-29-30-32-34-36-39-42-45-48-51-60(64)69-55-59(73-62(66)53-50-47-44-41-38-35-31-26-23-20-17-14-11-8-5-2)57-71-74(67,68)70-56-58(54-63)72-61(65)52-49-46-43-40-37-33-24-21-18-15-12-9-6-3/h8-9,11-12,16-21,25-27,29-31,33,37,43,46,58-59,63H,4-7,10,13-15,22-24,28,32,34-36,38-42,44-45,47-57H2,1-3H3,(H,67,68)/b11-8-,12-9-,19-16-,20-17-,21-18-,27-25-,30-29-,31-26-,37-33-,46-43-. The molecule has 0 radical (unpaired) electrons. The minimum atomic E-state index is -4.78. The van der Waals surface area contributed by atoms with Gasteiger partial charge in [-0.3, -0.25) is 23.4 Å². The van der Waals surface area contributed by atoms with Crippen LogP contribution in [0.4, 0.5) is 0 Å². The van der Waals surface area contributed by atoms with E-state index in [2.05, 4.69) is 124 Å². The Balaban J connectivity index is 4.84. The van der Waals surface area contributed by atoms with Crippen molar-refractivity contribution in [1.82, 2.24) is 0 Å². The summed E-state index contributed by atoms with van der Waals surface area (Å²) in [6.07, 6.45) is 67.5. The maximum absolute atomic E-state index is 12.9. The highest BCUT2D eigenvalue weighted by atomic mass is 31.2. The summed E-state index contributed by atoms with van der Waals surface area (Å²) >= 11 is 0. The first kappa shape index (κ1) is 69.9. The summed E-state index contributed by atoms with van der Waals surface area (Å²) in [7, 11) is -4.78. The van der Waals surface area contributed by atoms with E-state index in [4.69, 9.17) is 23.3 Å². The number of hydrogen-bond acceptors (Lipinski definition) is 10. The van der Waals surface area contributed by atoms with E-state index in [0.29, 0.717) is 19.3 Å². The number of unbranched alkanes of at least 4 members (excludes halogenated alkanes) is 14. The van der Waals surface area contributed by atoms with Gasteiger partial charge in [0, 0.05) is 19.3 Å². The van der Waals surface area contributed by atoms with Crippen molar-refractivity contribution in [2.75, 3.05) is 26.4 Å². The van der Waals surface area contributed by atoms with Crippen LogP contribution in [-0.4, -0.2) is 66.5 Å². The third-order valence-corrected chi connectivity index (χ3v) is 12.3. The van der Waals surface area contributed by atoms with Crippen molar-refractivity contribution in [3.05, 3.63) is 122 Å². The second kappa shape index (κ2) is 55.1. The van der Waals surface area contributed by atoms with Gasteiger partial charge in [0.15, 0.2) is 6.10 Å². The van der Waals surface area contributed by atoms with Gasteiger partial charge in [-0.15, -0.1) is 0 Å². The summed E-state index contributed by atoms with van der Waals surface area (Å²) in [5, 5.41) is 9.78. The van der Waals surface area contributed by atoms with Gasteiger partial charge in [0.25, 0.3) is 0 Å². The van der Waals surface area contributed by atoms with Crippen molar-refractivity contribution in [2.45, 2.75) is 226 Å². The van der Waals surface area contributed by atoms with E-state index in [0.717, 1.165) is 128 Å². The average molecular weight is 1050 g/mol. The van der Waals surface area contributed by atoms with Gasteiger partial charge in [-0.25, -0.2) is 4.57 Å². The van der Waals surface area contributed by atoms with E-state index in [9.17, 15) is 28.9 Å². The molecule has 2 N–H and O–H groups in total. The van der Waals surface area contributed by atoms with Crippen molar-refractivity contribution >= 4 is 25.7 Å². The van der Waals surface area contributed by atoms with Crippen LogP contribution >= 0.6 is 7.82 Å². The van der Waals surface area contributed by atoms with Crippen LogP contribution in [0, 0.1) is 0 Å². The van der Waals surface area contributed by atoms with Gasteiger partial charge in [0.05, 0.1) is 19.8 Å². The molecule has 0 spiro atoms. The molecule has 3 atom stereocenters. The smallest absolute Gasteiger partial charge is 0.462 e. The van der Waals surface area contributed by atoms with Gasteiger partial charge in [0.2, 0.25) is 0 Å². The fourth-order valence-corrected chi connectivity index (χ4v) is 7.88. The van der Waals surface area contributed by atoms with E-state index in [1.165, 1.54) is 25.7 Å². The summed E-state index contributed by atoms with van der Waals surface area (Å²) in [6.45, 7) is 4.25. The molecule has 0 aliphatic heterocycles. The molecule has 0 aromatic rings. The zero-order valence-corrected chi connectivity index (χ0v) is 47.2. The maximum atomic E-state index is 12.9. The van der Waals surface area contributed by atoms with E-state index in [1.807, 2.05) is 18.2 Å². The number of esters is 3. The Morgan fingerprint density at radius 1 is 0.392 bits per heavy atom. The van der Waals surface area contributed by atoms with Crippen molar-refractivity contribution in [3.63, 3.8) is 0 Å². The lowest BCUT2D eigenvalue weighted by Crippen LogP contribution is -2.30. The summed E-state index contributed by atoms with van der Waals surface area (Å²) < 4.78 is 39.4. The molecule has 0 saturated carbocycles. The zero-order valence-electron chi connectivity index (χ0n) is 46.3. The van der Waals surface area contributed by atoms with Crippen LogP contribution in [0.15, 0.2) is 122 Å². The molecule has 12 heteroatoms. The molecular formula is C62H101O11P. The largest absolute Gasteiger partial charge is 0.472 e. The Hall–Kier alpha value is -4.12. The maximum Gasteiger partial charge on any atom is 0.472 e. The second-order valence-corrected chi connectivity index (χ2v) is 19.8. The molecule has 0 bridgehead atoms. The molecule has 0 rings (SSSR count). The summed E-state index contributed by atoms with van der Waals surface area (Å²) in [4.78, 5) is 48.5. The Morgan fingerprint density at radius 2 is 0.730 bits per heavy atom. The van der Waals surface area contributed by atoms with Crippen LogP contribution in [0.5, 0.6) is 0 Å². The highest BCUT2D eigenvalue weighted by Gasteiger charge is 2.28. The van der Waals surface area contributed by atoms with Crippen LogP contribution in [-0.2, 0) is 42.2 Å². The number of ether oxygens (including phenoxy) is 3. The van der Waals surface area contributed by atoms with Gasteiger partial charge in [0.1, 0.15) is 12.7 Å². The van der Waals surface area contributed by atoms with Gasteiger partial charge in [-0.2, -0.15) is 0 Å². The molecule has 0 fully saturated rings. The SMILES string of the molecule is CC/C=C\C/C=C\C/C=C\C/C=C\CCC(=O)OC(CO)COP(=O)(O)OCC(COC(=O)CCCCCCCC/C=C\C/C=C\C/C=C\CCCCC)OC(=O)CCCCCCC/C=C\C/C=C\C/C=C\CC. The number of allylic oxidation sites excluding steroid dienone is 20. The molecule has 0 aliphatic rings. The van der Waals surface area contributed by atoms with Crippen LogP contribution in [0.1, 0.15) is 213 Å². The first-order chi connectivity index (χ1) is 36.2. The van der Waals surface area contributed by atoms with Crippen LogP contribution in [0.3, 0.4) is 0 Å². The number of phosphoric ester groups is 1. The molecule has 0 heterocycles. The number of aliphatic hydroxyl groups excluding tert-OH is 1. The minimum absolute atomic E-state index is 0.0479. The monoisotopic (exact) mass is 1050 g/mol. The number of hydrogen-bond donors (Lipinski definition) is 2. The normalized spacial score (nSPS) is 14.3. The number of aliphatic hydroxyl groups is 1. The van der Waals surface area contributed by atoms with E-state index >= 15 is 0 Å². The van der Waals surface area contributed by atoms with E-state index in [-0.39, 0.29) is 25.9 Å². The predicted molar refractivity (Wildman–Crippen MR) is 306 cm³/mol. The first-order valence-corrected chi connectivity index (χ1v) is 29.9. The third-order valence-electron chi connectivity index (χ3n) is 11.4. The molecule has 11 nitrogen and oxygen atoms in total. The van der Waals surface area contributed by atoms with Gasteiger partial charge in [-0.05, 0) is 116 Å². The van der Waals surface area contributed by atoms with Gasteiger partial charge in [-0.1, -0.05) is 200 Å². The molecule has 420 valence electrons. The number of carbonyl (C=O) groups excluding carboxylic acids is 3. The molecular weight excluding hydrogens is 952 g/mol. The van der Waals surface area contributed by atoms with E-state index in [1.54, 1.807) is 0 Å². The highest BCUT2D eigenvalue weighted by Crippen LogP contribution is 2.43. The number of phosphoric acid groups is 1. The lowest BCUT2D eigenvalue weighted by molar-refractivity contribution is -0.161.